The molecule has 2 aromatic heterocycles. The Hall–Kier alpha value is -3.24. The second-order valence-corrected chi connectivity index (χ2v) is 9.36. The second-order valence-electron chi connectivity index (χ2n) is 8.30. The fourth-order valence-electron chi connectivity index (χ4n) is 3.92. The minimum atomic E-state index is -0.394. The molecule has 2 amide bonds. The molecular weight excluding hydrogens is 456 g/mol. The number of amides is 2. The van der Waals surface area contributed by atoms with Crippen molar-refractivity contribution in [2.45, 2.75) is 40.0 Å². The van der Waals surface area contributed by atoms with Crippen molar-refractivity contribution in [3.63, 3.8) is 0 Å². The number of ether oxygens (including phenoxy) is 2. The average molecular weight is 485 g/mol. The molecule has 4 rings (SSSR count). The topological polar surface area (TPSA) is 98.0 Å². The Kier molecular flexibility index (Phi) is 7.28. The van der Waals surface area contributed by atoms with Crippen LogP contribution >= 0.6 is 11.3 Å². The van der Waals surface area contributed by atoms with E-state index < -0.39 is 6.10 Å². The van der Waals surface area contributed by atoms with E-state index >= 15 is 0 Å². The number of methoxy groups -OCH3 is 1. The highest BCUT2D eigenvalue weighted by atomic mass is 32.1. The molecule has 1 aromatic carbocycles. The number of benzene rings is 1. The SMILES string of the molecule is COc1cccc(CN2CC(OCc3c(C)noc3C)CN(C(=O)c3csc(C)n3)CC2=O)c1. The molecule has 1 aliphatic heterocycles. The van der Waals surface area contributed by atoms with Gasteiger partial charge in [0.25, 0.3) is 5.91 Å². The van der Waals surface area contributed by atoms with E-state index in [1.54, 1.807) is 17.4 Å². The number of hydrogen-bond donors (Lipinski definition) is 0. The van der Waals surface area contributed by atoms with E-state index in [-0.39, 0.29) is 31.5 Å². The maximum atomic E-state index is 13.2. The molecule has 0 radical (unpaired) electrons. The highest BCUT2D eigenvalue weighted by molar-refractivity contribution is 7.09. The van der Waals surface area contributed by atoms with Crippen LogP contribution in [0.1, 0.15) is 38.1 Å². The predicted octanol–water partition coefficient (Wildman–Crippen LogP) is 3.13. The molecule has 34 heavy (non-hydrogen) atoms. The Balaban J connectivity index is 1.55. The Bertz CT molecular complexity index is 1150. The van der Waals surface area contributed by atoms with E-state index in [9.17, 15) is 9.59 Å². The molecule has 3 aromatic rings. The van der Waals surface area contributed by atoms with Crippen molar-refractivity contribution in [3.05, 3.63) is 62.9 Å². The number of aromatic nitrogens is 2. The molecule has 10 heteroatoms. The normalized spacial score (nSPS) is 16.6. The van der Waals surface area contributed by atoms with Gasteiger partial charge in [-0.1, -0.05) is 17.3 Å². The monoisotopic (exact) mass is 484 g/mol. The lowest BCUT2D eigenvalue weighted by atomic mass is 10.2. The first-order valence-corrected chi connectivity index (χ1v) is 11.9. The Labute approximate surface area is 202 Å². The fourth-order valence-corrected chi connectivity index (χ4v) is 4.50. The van der Waals surface area contributed by atoms with Crippen LogP contribution in [0.5, 0.6) is 5.75 Å². The molecule has 1 atom stereocenters. The summed E-state index contributed by atoms with van der Waals surface area (Å²) in [6.07, 6.45) is -0.394. The lowest BCUT2D eigenvalue weighted by Crippen LogP contribution is -2.39. The molecule has 9 nitrogen and oxygen atoms in total. The quantitative estimate of drug-likeness (QED) is 0.508. The van der Waals surface area contributed by atoms with Crippen molar-refractivity contribution in [1.82, 2.24) is 19.9 Å². The molecule has 0 saturated carbocycles. The summed E-state index contributed by atoms with van der Waals surface area (Å²) in [6.45, 7) is 6.81. The lowest BCUT2D eigenvalue weighted by Gasteiger charge is -2.25. The maximum Gasteiger partial charge on any atom is 0.273 e. The van der Waals surface area contributed by atoms with Crippen LogP contribution in [-0.2, 0) is 22.7 Å². The van der Waals surface area contributed by atoms with Gasteiger partial charge < -0.3 is 23.8 Å². The number of hydrogen-bond acceptors (Lipinski definition) is 8. The molecule has 180 valence electrons. The lowest BCUT2D eigenvalue weighted by molar-refractivity contribution is -0.132. The summed E-state index contributed by atoms with van der Waals surface area (Å²) in [5, 5.41) is 6.50. The summed E-state index contributed by atoms with van der Waals surface area (Å²) in [4.78, 5) is 33.9. The molecule has 0 bridgehead atoms. The van der Waals surface area contributed by atoms with Gasteiger partial charge in [-0.2, -0.15) is 0 Å². The van der Waals surface area contributed by atoms with Crippen molar-refractivity contribution >= 4 is 23.2 Å². The van der Waals surface area contributed by atoms with Gasteiger partial charge in [-0.15, -0.1) is 11.3 Å². The molecule has 1 fully saturated rings. The third-order valence-corrected chi connectivity index (χ3v) is 6.58. The number of rotatable bonds is 7. The van der Waals surface area contributed by atoms with Crippen molar-refractivity contribution in [2.75, 3.05) is 26.7 Å². The number of carbonyl (C=O) groups is 2. The van der Waals surface area contributed by atoms with Gasteiger partial charge in [-0.3, -0.25) is 9.59 Å². The van der Waals surface area contributed by atoms with E-state index in [0.717, 1.165) is 27.6 Å². The smallest absolute Gasteiger partial charge is 0.273 e. The van der Waals surface area contributed by atoms with Crippen molar-refractivity contribution in [3.8, 4) is 5.75 Å². The van der Waals surface area contributed by atoms with Gasteiger partial charge in [-0.05, 0) is 38.5 Å². The van der Waals surface area contributed by atoms with Crippen molar-refractivity contribution < 1.29 is 23.6 Å². The van der Waals surface area contributed by atoms with Crippen LogP contribution in [0.2, 0.25) is 0 Å². The zero-order valence-corrected chi connectivity index (χ0v) is 20.6. The van der Waals surface area contributed by atoms with E-state index in [2.05, 4.69) is 10.1 Å². The second kappa shape index (κ2) is 10.4. The average Bonchev–Trinajstić information content (AvgIpc) is 3.35. The first kappa shape index (κ1) is 23.9. The molecule has 1 unspecified atom stereocenters. The number of nitrogens with zero attached hydrogens (tertiary/aromatic N) is 4. The summed E-state index contributed by atoms with van der Waals surface area (Å²) in [6, 6.07) is 7.60. The maximum absolute atomic E-state index is 13.2. The van der Waals surface area contributed by atoms with Gasteiger partial charge >= 0.3 is 0 Å². The van der Waals surface area contributed by atoms with Gasteiger partial charge in [0, 0.05) is 30.6 Å². The minimum absolute atomic E-state index is 0.0371. The summed E-state index contributed by atoms with van der Waals surface area (Å²) < 4.78 is 16.8. The third kappa shape index (κ3) is 5.45. The minimum Gasteiger partial charge on any atom is -0.497 e. The molecule has 1 aliphatic rings. The van der Waals surface area contributed by atoms with Gasteiger partial charge in [-0.25, -0.2) is 4.98 Å². The van der Waals surface area contributed by atoms with E-state index in [0.29, 0.717) is 24.5 Å². The van der Waals surface area contributed by atoms with Gasteiger partial charge in [0.15, 0.2) is 0 Å². The summed E-state index contributed by atoms with van der Waals surface area (Å²) >= 11 is 1.41. The molecule has 0 aliphatic carbocycles. The summed E-state index contributed by atoms with van der Waals surface area (Å²) in [5.41, 5.74) is 2.93. The van der Waals surface area contributed by atoms with Crippen molar-refractivity contribution in [1.29, 1.82) is 0 Å². The van der Waals surface area contributed by atoms with Gasteiger partial charge in [0.2, 0.25) is 5.91 Å². The molecule has 1 saturated heterocycles. The van der Waals surface area contributed by atoms with Crippen LogP contribution in [0, 0.1) is 20.8 Å². The molecular formula is C24H28N4O5S. The van der Waals surface area contributed by atoms with E-state index in [1.165, 1.54) is 16.2 Å². The van der Waals surface area contributed by atoms with Crippen LogP contribution in [-0.4, -0.2) is 64.6 Å². The zero-order valence-electron chi connectivity index (χ0n) is 19.7. The first-order chi connectivity index (χ1) is 16.3. The first-order valence-electron chi connectivity index (χ1n) is 11.0. The Morgan fingerprint density at radius 2 is 2.09 bits per heavy atom. The molecule has 0 spiro atoms. The summed E-state index contributed by atoms with van der Waals surface area (Å²) in [7, 11) is 1.61. The number of carbonyl (C=O) groups excluding carboxylic acids is 2. The Morgan fingerprint density at radius 3 is 2.76 bits per heavy atom. The highest BCUT2D eigenvalue weighted by Crippen LogP contribution is 2.20. The van der Waals surface area contributed by atoms with Crippen molar-refractivity contribution in [2.24, 2.45) is 0 Å². The number of thiazole rings is 1. The van der Waals surface area contributed by atoms with Crippen LogP contribution in [0.15, 0.2) is 34.2 Å². The van der Waals surface area contributed by atoms with E-state index in [1.807, 2.05) is 45.0 Å². The zero-order chi connectivity index (χ0) is 24.2. The molecule has 3 heterocycles. The predicted molar refractivity (Wildman–Crippen MR) is 126 cm³/mol. The van der Waals surface area contributed by atoms with Crippen LogP contribution in [0.25, 0.3) is 0 Å². The molecule has 0 N–H and O–H groups in total. The largest absolute Gasteiger partial charge is 0.497 e. The Morgan fingerprint density at radius 1 is 1.26 bits per heavy atom. The van der Waals surface area contributed by atoms with E-state index in [4.69, 9.17) is 14.0 Å². The number of aryl methyl sites for hydroxylation is 3. The van der Waals surface area contributed by atoms with Gasteiger partial charge in [0.1, 0.15) is 23.7 Å². The fraction of sp³-hybridized carbons (Fsp3) is 0.417. The highest BCUT2D eigenvalue weighted by Gasteiger charge is 2.32. The van der Waals surface area contributed by atoms with Crippen LogP contribution in [0.3, 0.4) is 0 Å². The summed E-state index contributed by atoms with van der Waals surface area (Å²) in [5.74, 6) is 1.00. The van der Waals surface area contributed by atoms with Crippen LogP contribution < -0.4 is 4.74 Å². The van der Waals surface area contributed by atoms with Crippen LogP contribution in [0.4, 0.5) is 0 Å². The third-order valence-electron chi connectivity index (χ3n) is 5.80. The standard InChI is InChI=1S/C24H28N4O5S/c1-15-21(16(2)33-26-15)13-32-20-10-27(9-18-6-5-7-19(8-18)31-4)23(29)12-28(11-20)24(30)22-14-34-17(3)25-22/h5-8,14,20H,9-13H2,1-4H3. The van der Waals surface area contributed by atoms with Gasteiger partial charge in [0.05, 0.1) is 30.5 Å².